The monoisotopic (exact) mass is 322 g/mol. The number of carboxylic acids is 1. The van der Waals surface area contributed by atoms with E-state index in [1.165, 1.54) is 0 Å². The highest BCUT2D eigenvalue weighted by atomic mass is 35.5. The van der Waals surface area contributed by atoms with Crippen LogP contribution in [0.3, 0.4) is 0 Å². The van der Waals surface area contributed by atoms with Crippen LogP contribution >= 0.6 is 22.9 Å². The molecule has 3 rings (SSSR count). The molecular formula is C15H15ClN2O2S. The fourth-order valence-electron chi connectivity index (χ4n) is 2.64. The smallest absolute Gasteiger partial charge is 0.320 e. The van der Waals surface area contributed by atoms with Gasteiger partial charge >= 0.3 is 5.97 Å². The van der Waals surface area contributed by atoms with E-state index in [0.717, 1.165) is 35.7 Å². The van der Waals surface area contributed by atoms with Gasteiger partial charge in [0.05, 0.1) is 12.2 Å². The number of nitrogens with zero attached hydrogens (tertiary/aromatic N) is 2. The Morgan fingerprint density at radius 1 is 1.48 bits per heavy atom. The van der Waals surface area contributed by atoms with Crippen LogP contribution in [0.15, 0.2) is 29.6 Å². The van der Waals surface area contributed by atoms with Gasteiger partial charge < -0.3 is 5.11 Å². The quantitative estimate of drug-likeness (QED) is 0.936. The van der Waals surface area contributed by atoms with Gasteiger partial charge in [-0.3, -0.25) is 9.69 Å². The van der Waals surface area contributed by atoms with Crippen molar-refractivity contribution in [1.82, 2.24) is 9.88 Å². The van der Waals surface area contributed by atoms with Crippen LogP contribution in [0.4, 0.5) is 0 Å². The lowest BCUT2D eigenvalue weighted by molar-refractivity contribution is -0.142. The SMILES string of the molecule is O=C(O)C1CCCN1Cc1nc(-c2ccccc2Cl)cs1. The summed E-state index contributed by atoms with van der Waals surface area (Å²) >= 11 is 7.73. The number of likely N-dealkylation sites (tertiary alicyclic amines) is 1. The third-order valence-corrected chi connectivity index (χ3v) is 4.85. The summed E-state index contributed by atoms with van der Waals surface area (Å²) in [4.78, 5) is 17.8. The Morgan fingerprint density at radius 2 is 2.29 bits per heavy atom. The molecule has 0 spiro atoms. The molecule has 1 atom stereocenters. The van der Waals surface area contributed by atoms with Gasteiger partial charge in [-0.05, 0) is 25.5 Å². The lowest BCUT2D eigenvalue weighted by Gasteiger charge is -2.19. The van der Waals surface area contributed by atoms with Gasteiger partial charge in [-0.1, -0.05) is 29.8 Å². The van der Waals surface area contributed by atoms with Gasteiger partial charge in [0.2, 0.25) is 0 Å². The lowest BCUT2D eigenvalue weighted by atomic mass is 10.2. The maximum Gasteiger partial charge on any atom is 0.320 e. The van der Waals surface area contributed by atoms with Crippen molar-refractivity contribution in [2.24, 2.45) is 0 Å². The average molecular weight is 323 g/mol. The molecule has 1 fully saturated rings. The fraction of sp³-hybridized carbons (Fsp3) is 0.333. The first-order valence-corrected chi connectivity index (χ1v) is 8.07. The van der Waals surface area contributed by atoms with Gasteiger partial charge in [0.1, 0.15) is 11.0 Å². The number of hydrogen-bond donors (Lipinski definition) is 1. The Hall–Kier alpha value is -1.43. The van der Waals surface area contributed by atoms with Crippen LogP contribution in [0.2, 0.25) is 5.02 Å². The minimum Gasteiger partial charge on any atom is -0.480 e. The van der Waals surface area contributed by atoms with Gasteiger partial charge in [-0.25, -0.2) is 4.98 Å². The molecule has 2 aromatic rings. The summed E-state index contributed by atoms with van der Waals surface area (Å²) in [5, 5.41) is 12.8. The number of carboxylic acid groups (broad SMARTS) is 1. The highest BCUT2D eigenvalue weighted by Gasteiger charge is 2.30. The molecule has 1 saturated heterocycles. The third-order valence-electron chi connectivity index (χ3n) is 3.69. The number of hydrogen-bond acceptors (Lipinski definition) is 4. The van der Waals surface area contributed by atoms with Crippen molar-refractivity contribution in [3.8, 4) is 11.3 Å². The number of rotatable bonds is 4. The van der Waals surface area contributed by atoms with Gasteiger partial charge in [0, 0.05) is 16.0 Å². The molecule has 4 nitrogen and oxygen atoms in total. The van der Waals surface area contributed by atoms with Crippen LogP contribution in [0.25, 0.3) is 11.3 Å². The van der Waals surface area contributed by atoms with Crippen LogP contribution in [0.1, 0.15) is 17.8 Å². The Morgan fingerprint density at radius 3 is 3.05 bits per heavy atom. The van der Waals surface area contributed by atoms with E-state index < -0.39 is 5.97 Å². The number of carbonyl (C=O) groups is 1. The van der Waals surface area contributed by atoms with E-state index in [1.807, 2.05) is 34.5 Å². The largest absolute Gasteiger partial charge is 0.480 e. The van der Waals surface area contributed by atoms with Crippen molar-refractivity contribution in [2.45, 2.75) is 25.4 Å². The van der Waals surface area contributed by atoms with Crippen molar-refractivity contribution in [3.63, 3.8) is 0 Å². The van der Waals surface area contributed by atoms with E-state index in [4.69, 9.17) is 11.6 Å². The van der Waals surface area contributed by atoms with E-state index in [9.17, 15) is 9.90 Å². The minimum absolute atomic E-state index is 0.377. The maximum absolute atomic E-state index is 11.2. The second-order valence-corrected chi connectivity index (χ2v) is 6.42. The number of thiazole rings is 1. The first-order chi connectivity index (χ1) is 10.1. The summed E-state index contributed by atoms with van der Waals surface area (Å²) in [6.45, 7) is 1.41. The van der Waals surface area contributed by atoms with Crippen molar-refractivity contribution >= 4 is 28.9 Å². The molecule has 0 bridgehead atoms. The lowest BCUT2D eigenvalue weighted by Crippen LogP contribution is -2.35. The Bertz CT molecular complexity index is 659. The average Bonchev–Trinajstić information content (AvgIpc) is 3.09. The molecule has 0 amide bonds. The molecule has 6 heteroatoms. The molecule has 0 saturated carbocycles. The van der Waals surface area contributed by atoms with E-state index in [-0.39, 0.29) is 6.04 Å². The van der Waals surface area contributed by atoms with E-state index in [2.05, 4.69) is 4.98 Å². The van der Waals surface area contributed by atoms with Gasteiger partial charge in [0.25, 0.3) is 0 Å². The second kappa shape index (κ2) is 6.13. The molecule has 1 N–H and O–H groups in total. The Kier molecular flexibility index (Phi) is 4.24. The summed E-state index contributed by atoms with van der Waals surface area (Å²) in [6.07, 6.45) is 1.65. The molecule has 1 aliphatic rings. The van der Waals surface area contributed by atoms with Crippen LogP contribution < -0.4 is 0 Å². The van der Waals surface area contributed by atoms with E-state index in [1.54, 1.807) is 11.3 Å². The van der Waals surface area contributed by atoms with Crippen LogP contribution in [-0.4, -0.2) is 33.5 Å². The zero-order valence-corrected chi connectivity index (χ0v) is 12.9. The molecule has 1 unspecified atom stereocenters. The zero-order chi connectivity index (χ0) is 14.8. The Labute approximate surface area is 132 Å². The van der Waals surface area contributed by atoms with Gasteiger partial charge in [-0.15, -0.1) is 11.3 Å². The number of aliphatic carboxylic acids is 1. The molecule has 0 aliphatic carbocycles. The van der Waals surface area contributed by atoms with Crippen LogP contribution in [0, 0.1) is 0 Å². The zero-order valence-electron chi connectivity index (χ0n) is 11.3. The molecule has 1 aliphatic heterocycles. The minimum atomic E-state index is -0.740. The fourth-order valence-corrected chi connectivity index (χ4v) is 3.70. The first kappa shape index (κ1) is 14.5. The summed E-state index contributed by atoms with van der Waals surface area (Å²) in [5.74, 6) is -0.740. The predicted molar refractivity (Wildman–Crippen MR) is 83.6 cm³/mol. The highest BCUT2D eigenvalue weighted by molar-refractivity contribution is 7.09. The van der Waals surface area contributed by atoms with Crippen molar-refractivity contribution in [3.05, 3.63) is 39.7 Å². The topological polar surface area (TPSA) is 53.4 Å². The molecule has 0 radical (unpaired) electrons. The number of benzene rings is 1. The molecule has 1 aromatic carbocycles. The molecular weight excluding hydrogens is 308 g/mol. The molecule has 110 valence electrons. The highest BCUT2D eigenvalue weighted by Crippen LogP contribution is 2.29. The number of aromatic nitrogens is 1. The third kappa shape index (κ3) is 3.10. The van der Waals surface area contributed by atoms with E-state index in [0.29, 0.717) is 11.6 Å². The predicted octanol–water partition coefficient (Wildman–Crippen LogP) is 3.51. The Balaban J connectivity index is 1.77. The van der Waals surface area contributed by atoms with Crippen LogP contribution in [-0.2, 0) is 11.3 Å². The summed E-state index contributed by atoms with van der Waals surface area (Å²) in [7, 11) is 0. The van der Waals surface area contributed by atoms with Crippen molar-refractivity contribution in [2.75, 3.05) is 6.54 Å². The van der Waals surface area contributed by atoms with Gasteiger partial charge in [0.15, 0.2) is 0 Å². The summed E-state index contributed by atoms with van der Waals surface area (Å²) < 4.78 is 0. The normalized spacial score (nSPS) is 19.0. The molecule has 2 heterocycles. The number of halogens is 1. The van der Waals surface area contributed by atoms with Crippen LogP contribution in [0.5, 0.6) is 0 Å². The molecule has 1 aromatic heterocycles. The summed E-state index contributed by atoms with van der Waals surface area (Å²) in [5.41, 5.74) is 1.77. The maximum atomic E-state index is 11.2. The standard InChI is InChI=1S/C15H15ClN2O2S/c16-11-5-2-1-4-10(11)12-9-21-14(17-12)8-18-7-3-6-13(18)15(19)20/h1-2,4-5,9,13H,3,6-8H2,(H,19,20). The van der Waals surface area contributed by atoms with E-state index >= 15 is 0 Å². The first-order valence-electron chi connectivity index (χ1n) is 6.81. The molecule has 21 heavy (non-hydrogen) atoms. The van der Waals surface area contributed by atoms with Gasteiger partial charge in [-0.2, -0.15) is 0 Å². The van der Waals surface area contributed by atoms with Crippen molar-refractivity contribution in [1.29, 1.82) is 0 Å². The van der Waals surface area contributed by atoms with Crippen molar-refractivity contribution < 1.29 is 9.90 Å². The summed E-state index contributed by atoms with van der Waals surface area (Å²) in [6, 6.07) is 7.23. The second-order valence-electron chi connectivity index (χ2n) is 5.07.